The molecule has 0 bridgehead atoms. The number of pyridine rings is 1. The second-order valence-electron chi connectivity index (χ2n) is 16.7. The van der Waals surface area contributed by atoms with Gasteiger partial charge in [-0.3, -0.25) is 14.7 Å². The van der Waals surface area contributed by atoms with E-state index < -0.39 is 18.1 Å². The Hall–Kier alpha value is -5.68. The van der Waals surface area contributed by atoms with Crippen LogP contribution in [0.25, 0.3) is 11.1 Å². The summed E-state index contributed by atoms with van der Waals surface area (Å²) >= 11 is 0. The van der Waals surface area contributed by atoms with Crippen LogP contribution in [0.1, 0.15) is 89.6 Å². The van der Waals surface area contributed by atoms with Gasteiger partial charge in [-0.15, -0.1) is 0 Å². The number of aliphatic carboxylic acids is 1. The summed E-state index contributed by atoms with van der Waals surface area (Å²) in [6.45, 7) is 11.9. The maximum absolute atomic E-state index is 14.2. The minimum absolute atomic E-state index is 0.135. The number of amides is 1. The molecule has 8 rings (SSSR count). The van der Waals surface area contributed by atoms with Crippen LogP contribution < -0.4 is 19.5 Å². The molecule has 3 atom stereocenters. The lowest BCUT2D eigenvalue weighted by molar-refractivity contribution is -0.142. The third-order valence-corrected chi connectivity index (χ3v) is 12.5. The quantitative estimate of drug-likeness (QED) is 0.127. The molecule has 308 valence electrons. The molecule has 0 saturated heterocycles. The largest absolute Gasteiger partial charge is 0.493 e. The molecule has 4 heterocycles. The molecule has 1 amide bonds. The first-order valence-electron chi connectivity index (χ1n) is 20.9. The molecule has 11 nitrogen and oxygen atoms in total. The number of carboxylic acids is 1. The molecule has 0 spiro atoms. The third-order valence-electron chi connectivity index (χ3n) is 12.5. The predicted molar refractivity (Wildman–Crippen MR) is 223 cm³/mol. The molecule has 3 aliphatic rings. The monoisotopic (exact) mass is 798 g/mol. The van der Waals surface area contributed by atoms with Crippen LogP contribution in [-0.2, 0) is 35.5 Å². The number of fused-ring (bicyclic) bond motifs is 2. The Kier molecular flexibility index (Phi) is 11.7. The number of oxazole rings is 1. The number of aromatic nitrogens is 2. The smallest absolute Gasteiger partial charge is 0.326 e. The van der Waals surface area contributed by atoms with Crippen molar-refractivity contribution in [3.05, 3.63) is 124 Å². The highest BCUT2D eigenvalue weighted by Crippen LogP contribution is 2.41. The number of aryl methyl sites for hydroxylation is 3. The van der Waals surface area contributed by atoms with Gasteiger partial charge in [-0.05, 0) is 121 Å². The fourth-order valence-electron chi connectivity index (χ4n) is 8.67. The van der Waals surface area contributed by atoms with E-state index in [2.05, 4.69) is 22.2 Å². The standard InChI is InChI=1S/C48H54N4O7/c1-28-6-8-34(9-7-28)26-56-39-16-14-36(15-17-39)46-27-57-44-22-37-21-43(52(24-38(37)23-45(44)59-46)25-42-31(4)58-32(5)50-42)47(53)51-41(48(54)55)20-33-10-12-35(13-11-33)40-18-19-49-30(3)29(40)2/h10-19,22-23,28,34,41,43,46H,6-9,20-21,24-27H2,1-5H3,(H,51,53)(H,54,55). The molecule has 59 heavy (non-hydrogen) atoms. The van der Waals surface area contributed by atoms with Crippen molar-refractivity contribution in [2.45, 2.75) is 104 Å². The summed E-state index contributed by atoms with van der Waals surface area (Å²) in [7, 11) is 0. The lowest BCUT2D eigenvalue weighted by Crippen LogP contribution is -2.54. The van der Waals surface area contributed by atoms with E-state index >= 15 is 0 Å². The van der Waals surface area contributed by atoms with Crippen molar-refractivity contribution in [2.24, 2.45) is 11.8 Å². The number of benzene rings is 3. The molecule has 2 N–H and O–H groups in total. The Morgan fingerprint density at radius 3 is 2.41 bits per heavy atom. The van der Waals surface area contributed by atoms with Gasteiger partial charge in [0.15, 0.2) is 23.5 Å². The second kappa shape index (κ2) is 17.3. The normalized spacial score (nSPS) is 20.7. The molecule has 1 saturated carbocycles. The van der Waals surface area contributed by atoms with Crippen molar-refractivity contribution in [1.29, 1.82) is 0 Å². The number of carbonyl (C=O) groups excluding carboxylic acids is 1. The molecule has 2 aromatic heterocycles. The molecule has 2 aliphatic heterocycles. The van der Waals surface area contributed by atoms with Crippen molar-refractivity contribution in [1.82, 2.24) is 20.2 Å². The Bertz CT molecular complexity index is 2300. The fourth-order valence-corrected chi connectivity index (χ4v) is 8.67. The first-order valence-corrected chi connectivity index (χ1v) is 20.9. The van der Waals surface area contributed by atoms with Gasteiger partial charge in [0.25, 0.3) is 0 Å². The van der Waals surface area contributed by atoms with E-state index in [1.54, 1.807) is 13.1 Å². The number of hydrogen-bond acceptors (Lipinski definition) is 9. The number of ether oxygens (including phenoxy) is 3. The van der Waals surface area contributed by atoms with Gasteiger partial charge in [0, 0.05) is 38.3 Å². The lowest BCUT2D eigenvalue weighted by Gasteiger charge is -2.37. The average Bonchev–Trinajstić information content (AvgIpc) is 3.55. The van der Waals surface area contributed by atoms with E-state index in [4.69, 9.17) is 18.6 Å². The zero-order chi connectivity index (χ0) is 41.2. The van der Waals surface area contributed by atoms with Gasteiger partial charge in [-0.1, -0.05) is 56.2 Å². The van der Waals surface area contributed by atoms with Gasteiger partial charge in [0.2, 0.25) is 5.91 Å². The summed E-state index contributed by atoms with van der Waals surface area (Å²) in [5, 5.41) is 13.2. The number of nitrogens with one attached hydrogen (secondary N) is 1. The highest BCUT2D eigenvalue weighted by Gasteiger charge is 2.36. The van der Waals surface area contributed by atoms with E-state index in [9.17, 15) is 14.7 Å². The van der Waals surface area contributed by atoms with Crippen molar-refractivity contribution in [3.8, 4) is 28.4 Å². The van der Waals surface area contributed by atoms with Crippen LogP contribution in [0.3, 0.4) is 0 Å². The van der Waals surface area contributed by atoms with E-state index in [0.29, 0.717) is 55.2 Å². The van der Waals surface area contributed by atoms with Crippen molar-refractivity contribution < 1.29 is 33.3 Å². The Balaban J connectivity index is 0.966. The van der Waals surface area contributed by atoms with Gasteiger partial charge in [0.1, 0.15) is 24.2 Å². The Labute approximate surface area is 346 Å². The molecule has 11 heteroatoms. The van der Waals surface area contributed by atoms with Gasteiger partial charge < -0.3 is 29.1 Å². The maximum Gasteiger partial charge on any atom is 0.326 e. The van der Waals surface area contributed by atoms with E-state index in [-0.39, 0.29) is 18.4 Å². The van der Waals surface area contributed by atoms with Gasteiger partial charge in [-0.25, -0.2) is 9.78 Å². The molecule has 3 aromatic carbocycles. The fraction of sp³-hybridized carbons (Fsp3) is 0.417. The van der Waals surface area contributed by atoms with Crippen molar-refractivity contribution >= 4 is 11.9 Å². The summed E-state index contributed by atoms with van der Waals surface area (Å²) < 4.78 is 24.8. The molecular weight excluding hydrogens is 745 g/mol. The number of carbonyl (C=O) groups is 2. The molecular formula is C48H54N4O7. The Morgan fingerprint density at radius 1 is 0.949 bits per heavy atom. The average molecular weight is 799 g/mol. The second-order valence-corrected chi connectivity index (χ2v) is 16.7. The number of rotatable bonds is 12. The third kappa shape index (κ3) is 9.15. The van der Waals surface area contributed by atoms with Crippen LogP contribution in [0, 0.1) is 39.5 Å². The number of carboxylic acid groups (broad SMARTS) is 1. The molecule has 3 unspecified atom stereocenters. The topological polar surface area (TPSA) is 136 Å². The van der Waals surface area contributed by atoms with E-state index in [1.807, 2.05) is 92.4 Å². The van der Waals surface area contributed by atoms with Crippen LogP contribution >= 0.6 is 0 Å². The van der Waals surface area contributed by atoms with Gasteiger partial charge in [-0.2, -0.15) is 0 Å². The summed E-state index contributed by atoms with van der Waals surface area (Å²) in [4.78, 5) is 37.9. The van der Waals surface area contributed by atoms with Crippen molar-refractivity contribution in [3.63, 3.8) is 0 Å². The summed E-state index contributed by atoms with van der Waals surface area (Å²) in [5.41, 5.74) is 8.66. The molecule has 1 fully saturated rings. The van der Waals surface area contributed by atoms with Crippen LogP contribution in [0.2, 0.25) is 0 Å². The minimum Gasteiger partial charge on any atom is -0.493 e. The van der Waals surface area contributed by atoms with E-state index in [0.717, 1.165) is 68.6 Å². The van der Waals surface area contributed by atoms with Crippen LogP contribution in [-0.4, -0.2) is 57.1 Å². The highest BCUT2D eigenvalue weighted by atomic mass is 16.6. The SMILES string of the molecule is Cc1nc(CN2Cc3cc4c(cc3CC2C(=O)NC(Cc2ccc(-c3ccnc(C)c3C)cc2)C(=O)O)OCC(c2ccc(OCC3CCC(C)CC3)cc2)O4)c(C)o1. The summed E-state index contributed by atoms with van der Waals surface area (Å²) in [6, 6.07) is 20.1. The van der Waals surface area contributed by atoms with Crippen molar-refractivity contribution in [2.75, 3.05) is 13.2 Å². The number of hydrogen-bond donors (Lipinski definition) is 2. The highest BCUT2D eigenvalue weighted by molar-refractivity contribution is 5.87. The maximum atomic E-state index is 14.2. The Morgan fingerprint density at radius 2 is 1.69 bits per heavy atom. The zero-order valence-electron chi connectivity index (χ0n) is 34.6. The van der Waals surface area contributed by atoms with Crippen LogP contribution in [0.4, 0.5) is 0 Å². The molecule has 0 radical (unpaired) electrons. The first kappa shape index (κ1) is 40.1. The van der Waals surface area contributed by atoms with Gasteiger partial charge >= 0.3 is 5.97 Å². The minimum atomic E-state index is -1.13. The van der Waals surface area contributed by atoms with Gasteiger partial charge in [0.05, 0.1) is 18.3 Å². The first-order chi connectivity index (χ1) is 28.5. The molecule has 5 aromatic rings. The zero-order valence-corrected chi connectivity index (χ0v) is 34.6. The van der Waals surface area contributed by atoms with Crippen LogP contribution in [0.15, 0.2) is 77.3 Å². The predicted octanol–water partition coefficient (Wildman–Crippen LogP) is 8.43. The number of nitrogens with zero attached hydrogens (tertiary/aromatic N) is 3. The van der Waals surface area contributed by atoms with Crippen LogP contribution in [0.5, 0.6) is 17.2 Å². The molecule has 1 aliphatic carbocycles. The summed E-state index contributed by atoms with van der Waals surface area (Å²) in [5.74, 6) is 3.35. The lowest BCUT2D eigenvalue weighted by atomic mass is 9.83. The summed E-state index contributed by atoms with van der Waals surface area (Å²) in [6.07, 6.45) is 7.01. The van der Waals surface area contributed by atoms with E-state index in [1.165, 1.54) is 25.7 Å².